The molecule has 0 aromatic heterocycles. The van der Waals surface area contributed by atoms with Gasteiger partial charge in [0.2, 0.25) is 0 Å². The molecule has 4 aliphatic carbocycles. The third-order valence-corrected chi connectivity index (χ3v) is 11.9. The maximum atomic E-state index is 13.3. The van der Waals surface area contributed by atoms with Gasteiger partial charge in [0.15, 0.2) is 5.78 Å². The zero-order chi connectivity index (χ0) is 27.5. The predicted octanol–water partition coefficient (Wildman–Crippen LogP) is 5.65. The summed E-state index contributed by atoms with van der Waals surface area (Å²) in [5.41, 5.74) is -0.842. The van der Waals surface area contributed by atoms with Crippen LogP contribution in [0.15, 0.2) is 24.3 Å². The van der Waals surface area contributed by atoms with Gasteiger partial charge < -0.3 is 14.6 Å². The van der Waals surface area contributed by atoms with Crippen LogP contribution < -0.4 is 0 Å². The lowest BCUT2D eigenvalue weighted by atomic mass is 9.43. The number of hydrogen-bond donors (Lipinski definition) is 1. The molecular formula is C31H41IO6. The van der Waals surface area contributed by atoms with E-state index < -0.39 is 11.0 Å². The second-order valence-electron chi connectivity index (χ2n) is 13.0. The van der Waals surface area contributed by atoms with Crippen LogP contribution in [0.5, 0.6) is 0 Å². The summed E-state index contributed by atoms with van der Waals surface area (Å²) < 4.78 is 13.1. The van der Waals surface area contributed by atoms with Crippen molar-refractivity contribution in [2.75, 3.05) is 0 Å². The Labute approximate surface area is 239 Å². The molecule has 0 radical (unpaired) electrons. The lowest BCUT2D eigenvalue weighted by Gasteiger charge is -2.63. The number of carbonyl (C=O) groups excluding carboxylic acids is 3. The monoisotopic (exact) mass is 636 g/mol. The fourth-order valence-electron chi connectivity index (χ4n) is 9.24. The number of Topliss-reactive ketones (excluding diaryl/α,β-unsaturated/α-hetero) is 1. The van der Waals surface area contributed by atoms with Crippen LogP contribution >= 0.6 is 22.6 Å². The van der Waals surface area contributed by atoms with Crippen LogP contribution in [0.4, 0.5) is 0 Å². The summed E-state index contributed by atoms with van der Waals surface area (Å²) in [6.07, 6.45) is 6.17. The lowest BCUT2D eigenvalue weighted by Crippen LogP contribution is -2.62. The van der Waals surface area contributed by atoms with E-state index in [2.05, 4.69) is 36.4 Å². The molecule has 0 saturated heterocycles. The molecule has 5 rings (SSSR count). The van der Waals surface area contributed by atoms with E-state index in [1.807, 2.05) is 24.3 Å². The maximum absolute atomic E-state index is 13.3. The van der Waals surface area contributed by atoms with E-state index in [-0.39, 0.29) is 59.5 Å². The first kappa shape index (κ1) is 28.1. The predicted molar refractivity (Wildman–Crippen MR) is 151 cm³/mol. The normalized spacial score (nSPS) is 41.8. The first-order chi connectivity index (χ1) is 17.9. The number of hydrogen-bond acceptors (Lipinski definition) is 6. The smallest absolute Gasteiger partial charge is 0.310 e. The van der Waals surface area contributed by atoms with Gasteiger partial charge in [-0.05, 0) is 122 Å². The first-order valence-electron chi connectivity index (χ1n) is 14.2. The van der Waals surface area contributed by atoms with Crippen LogP contribution in [-0.2, 0) is 30.3 Å². The van der Waals surface area contributed by atoms with E-state index in [4.69, 9.17) is 9.47 Å². The highest BCUT2D eigenvalue weighted by atomic mass is 127. The van der Waals surface area contributed by atoms with Crippen LogP contribution in [0.25, 0.3) is 0 Å². The third-order valence-electron chi connectivity index (χ3n) is 11.2. The molecule has 9 atom stereocenters. The molecule has 1 aromatic rings. The number of aliphatic hydroxyl groups is 1. The Hall–Kier alpha value is -1.48. The summed E-state index contributed by atoms with van der Waals surface area (Å²) in [6, 6.07) is 7.92. The van der Waals surface area contributed by atoms with Crippen LogP contribution in [0.1, 0.15) is 84.6 Å². The molecule has 0 heterocycles. The average molecular weight is 637 g/mol. The van der Waals surface area contributed by atoms with Crippen molar-refractivity contribution in [1.29, 1.82) is 0 Å². The topological polar surface area (TPSA) is 89.9 Å². The average Bonchev–Trinajstić information content (AvgIpc) is 3.11. The molecule has 4 fully saturated rings. The van der Waals surface area contributed by atoms with Gasteiger partial charge >= 0.3 is 11.9 Å². The zero-order valence-corrected chi connectivity index (χ0v) is 25.2. The van der Waals surface area contributed by atoms with Crippen molar-refractivity contribution in [2.45, 2.75) is 103 Å². The molecule has 208 valence electrons. The van der Waals surface area contributed by atoms with Crippen molar-refractivity contribution in [3.8, 4) is 0 Å². The van der Waals surface area contributed by atoms with Gasteiger partial charge in [-0.3, -0.25) is 14.4 Å². The number of esters is 2. The van der Waals surface area contributed by atoms with E-state index in [0.717, 1.165) is 54.1 Å². The Bertz CT molecular complexity index is 1120. The molecule has 38 heavy (non-hydrogen) atoms. The summed E-state index contributed by atoms with van der Waals surface area (Å²) in [5.74, 6) is 0.240. The van der Waals surface area contributed by atoms with Crippen LogP contribution in [0.2, 0.25) is 0 Å². The first-order valence-corrected chi connectivity index (χ1v) is 15.3. The van der Waals surface area contributed by atoms with Gasteiger partial charge in [-0.2, -0.15) is 0 Å². The Morgan fingerprint density at radius 3 is 2.42 bits per heavy atom. The number of ether oxygens (including phenoxy) is 2. The fourth-order valence-corrected chi connectivity index (χ4v) is 9.85. The highest BCUT2D eigenvalue weighted by molar-refractivity contribution is 14.1. The highest BCUT2D eigenvalue weighted by Gasteiger charge is 2.68. The number of ketones is 1. The minimum Gasteiger partial charge on any atom is -0.463 e. The van der Waals surface area contributed by atoms with Gasteiger partial charge in [0.1, 0.15) is 17.8 Å². The second-order valence-corrected chi connectivity index (χ2v) is 14.2. The van der Waals surface area contributed by atoms with Crippen molar-refractivity contribution in [1.82, 2.24) is 0 Å². The number of rotatable bonds is 5. The van der Waals surface area contributed by atoms with Crippen LogP contribution in [0, 0.1) is 38.1 Å². The van der Waals surface area contributed by atoms with Gasteiger partial charge in [0.25, 0.3) is 0 Å². The van der Waals surface area contributed by atoms with Gasteiger partial charge in [-0.15, -0.1) is 0 Å². The summed E-state index contributed by atoms with van der Waals surface area (Å²) in [7, 11) is 0. The molecule has 1 aromatic carbocycles. The summed E-state index contributed by atoms with van der Waals surface area (Å²) in [6.45, 7) is 7.47. The van der Waals surface area contributed by atoms with Crippen molar-refractivity contribution in [3.05, 3.63) is 33.4 Å². The quantitative estimate of drug-likeness (QED) is 0.332. The van der Waals surface area contributed by atoms with Crippen molar-refractivity contribution >= 4 is 40.3 Å². The van der Waals surface area contributed by atoms with E-state index in [9.17, 15) is 19.5 Å². The molecule has 9 unspecified atom stereocenters. The summed E-state index contributed by atoms with van der Waals surface area (Å²) in [5, 5.41) is 11.6. The molecule has 0 aliphatic heterocycles. The molecule has 6 nitrogen and oxygen atoms in total. The Morgan fingerprint density at radius 2 is 1.74 bits per heavy atom. The SMILES string of the molecule is CC(=O)OC1CCC2(C)C(C1)CC(OC(=O)Cc1cccc(I)c1)C1C2CCC2(C)C1CCC2(O)C(C)=O. The molecule has 4 saturated carbocycles. The number of carbonyl (C=O) groups is 3. The van der Waals surface area contributed by atoms with Gasteiger partial charge in [-0.1, -0.05) is 26.0 Å². The second kappa shape index (κ2) is 10.2. The Morgan fingerprint density at radius 1 is 1.00 bits per heavy atom. The largest absolute Gasteiger partial charge is 0.463 e. The molecule has 1 N–H and O–H groups in total. The maximum Gasteiger partial charge on any atom is 0.310 e. The van der Waals surface area contributed by atoms with Crippen molar-refractivity contribution in [2.24, 2.45) is 34.5 Å². The molecule has 0 spiro atoms. The molecule has 0 bridgehead atoms. The highest BCUT2D eigenvalue weighted by Crippen LogP contribution is 2.68. The third kappa shape index (κ3) is 4.63. The van der Waals surface area contributed by atoms with Crippen molar-refractivity contribution in [3.63, 3.8) is 0 Å². The van der Waals surface area contributed by atoms with Crippen molar-refractivity contribution < 1.29 is 29.0 Å². The van der Waals surface area contributed by atoms with Crippen LogP contribution in [-0.4, -0.2) is 40.6 Å². The number of fused-ring (bicyclic) bond motifs is 5. The van der Waals surface area contributed by atoms with Crippen LogP contribution in [0.3, 0.4) is 0 Å². The van der Waals surface area contributed by atoms with E-state index >= 15 is 0 Å². The van der Waals surface area contributed by atoms with E-state index in [1.165, 1.54) is 13.8 Å². The minimum atomic E-state index is -1.32. The molecule has 4 aliphatic rings. The molecule has 0 amide bonds. The van der Waals surface area contributed by atoms with E-state index in [1.54, 1.807) is 0 Å². The Kier molecular flexibility index (Phi) is 7.51. The summed E-state index contributed by atoms with van der Waals surface area (Å²) >= 11 is 2.25. The summed E-state index contributed by atoms with van der Waals surface area (Å²) in [4.78, 5) is 37.8. The van der Waals surface area contributed by atoms with Gasteiger partial charge in [0.05, 0.1) is 6.42 Å². The standard InChI is InChI=1S/C31H41IO6/c1-18(33)31(36)13-10-25-28-24(9-12-30(25,31)4)29(3)11-8-23(37-19(2)34)16-21(29)17-26(28)38-27(35)15-20-6-5-7-22(32)14-20/h5-7,14,21,23-26,28,36H,8-13,15-17H2,1-4H3. The van der Waals surface area contributed by atoms with Gasteiger partial charge in [0, 0.05) is 21.8 Å². The minimum absolute atomic E-state index is 0.0536. The lowest BCUT2D eigenvalue weighted by molar-refractivity contribution is -0.207. The zero-order valence-electron chi connectivity index (χ0n) is 23.0. The Balaban J connectivity index is 1.46. The fraction of sp³-hybridized carbons (Fsp3) is 0.710. The van der Waals surface area contributed by atoms with Gasteiger partial charge in [-0.25, -0.2) is 0 Å². The number of benzene rings is 1. The molecular weight excluding hydrogens is 595 g/mol. The van der Waals surface area contributed by atoms with E-state index in [0.29, 0.717) is 12.3 Å². The number of halogens is 1. The molecule has 7 heteroatoms.